The molecular weight excluding hydrogens is 464 g/mol. The summed E-state index contributed by atoms with van der Waals surface area (Å²) < 4.78 is 5.19. The van der Waals surface area contributed by atoms with Gasteiger partial charge in [0.25, 0.3) is 11.5 Å². The minimum absolute atomic E-state index is 0.0105. The van der Waals surface area contributed by atoms with Gasteiger partial charge in [0.15, 0.2) is 5.76 Å². The van der Waals surface area contributed by atoms with E-state index in [4.69, 9.17) is 9.40 Å². The molecule has 0 radical (unpaired) electrons. The van der Waals surface area contributed by atoms with E-state index in [2.05, 4.69) is 25.8 Å². The molecule has 2 amide bonds. The SMILES string of the molecule is CC(C)(C)C1CCc2c(sc3nc(CCC(=O)N4CCN(C(=O)c5ccco5)CC4)[nH]c(=O)c23)C1. The third kappa shape index (κ3) is 4.78. The Kier molecular flexibility index (Phi) is 6.29. The Hall–Kier alpha value is -2.94. The van der Waals surface area contributed by atoms with Gasteiger partial charge in [-0.05, 0) is 48.3 Å². The molecule has 8 nitrogen and oxygen atoms in total. The summed E-state index contributed by atoms with van der Waals surface area (Å²) in [4.78, 5) is 51.4. The topological polar surface area (TPSA) is 99.5 Å². The summed E-state index contributed by atoms with van der Waals surface area (Å²) >= 11 is 1.64. The molecule has 1 unspecified atom stereocenters. The van der Waals surface area contributed by atoms with Gasteiger partial charge >= 0.3 is 0 Å². The maximum Gasteiger partial charge on any atom is 0.289 e. The predicted octanol–water partition coefficient (Wildman–Crippen LogP) is 3.65. The van der Waals surface area contributed by atoms with E-state index in [1.807, 2.05) is 0 Å². The molecule has 1 saturated heterocycles. The summed E-state index contributed by atoms with van der Waals surface area (Å²) in [5, 5.41) is 0.741. The number of fused-ring (bicyclic) bond motifs is 3. The minimum atomic E-state index is -0.148. The second kappa shape index (κ2) is 9.26. The number of aromatic amines is 1. The summed E-state index contributed by atoms with van der Waals surface area (Å²) in [5.41, 5.74) is 1.33. The van der Waals surface area contributed by atoms with Gasteiger partial charge in [0.1, 0.15) is 10.7 Å². The van der Waals surface area contributed by atoms with Gasteiger partial charge in [-0.25, -0.2) is 4.98 Å². The Balaban J connectivity index is 1.21. The zero-order chi connectivity index (χ0) is 24.7. The van der Waals surface area contributed by atoms with Crippen molar-refractivity contribution in [3.63, 3.8) is 0 Å². The number of H-pyrrole nitrogens is 1. The molecular formula is C26H32N4O4S. The number of aryl methyl sites for hydroxylation is 2. The molecule has 2 aliphatic rings. The Morgan fingerprint density at radius 2 is 1.94 bits per heavy atom. The van der Waals surface area contributed by atoms with E-state index >= 15 is 0 Å². The summed E-state index contributed by atoms with van der Waals surface area (Å²) in [6.45, 7) is 8.78. The van der Waals surface area contributed by atoms with Crippen LogP contribution in [0.5, 0.6) is 0 Å². The van der Waals surface area contributed by atoms with Crippen molar-refractivity contribution in [2.24, 2.45) is 11.3 Å². The molecule has 1 atom stereocenters. The second-order valence-corrected chi connectivity index (χ2v) is 11.7. The maximum absolute atomic E-state index is 12.9. The lowest BCUT2D eigenvalue weighted by molar-refractivity contribution is -0.132. The summed E-state index contributed by atoms with van der Waals surface area (Å²) in [5.74, 6) is 1.35. The van der Waals surface area contributed by atoms with Gasteiger partial charge in [-0.3, -0.25) is 14.4 Å². The van der Waals surface area contributed by atoms with E-state index in [-0.39, 0.29) is 29.2 Å². The fourth-order valence-electron chi connectivity index (χ4n) is 5.18. The van der Waals surface area contributed by atoms with Gasteiger partial charge in [-0.15, -0.1) is 11.3 Å². The molecule has 0 saturated carbocycles. The summed E-state index contributed by atoms with van der Waals surface area (Å²) in [7, 11) is 0. The highest BCUT2D eigenvalue weighted by atomic mass is 32.1. The first-order valence-corrected chi connectivity index (χ1v) is 13.2. The molecule has 4 heterocycles. The van der Waals surface area contributed by atoms with Crippen LogP contribution >= 0.6 is 11.3 Å². The summed E-state index contributed by atoms with van der Waals surface area (Å²) in [6.07, 6.45) is 5.17. The highest BCUT2D eigenvalue weighted by Gasteiger charge is 2.32. The minimum Gasteiger partial charge on any atom is -0.459 e. The molecule has 1 aliphatic heterocycles. The van der Waals surface area contributed by atoms with Crippen LogP contribution in [0.1, 0.15) is 60.4 Å². The van der Waals surface area contributed by atoms with Crippen LogP contribution < -0.4 is 5.56 Å². The lowest BCUT2D eigenvalue weighted by Gasteiger charge is -2.34. The number of furan rings is 1. The molecule has 0 spiro atoms. The largest absolute Gasteiger partial charge is 0.459 e. The summed E-state index contributed by atoms with van der Waals surface area (Å²) in [6, 6.07) is 3.34. The number of rotatable bonds is 4. The number of aromatic nitrogens is 2. The first-order chi connectivity index (χ1) is 16.7. The average molecular weight is 497 g/mol. The van der Waals surface area contributed by atoms with Crippen LogP contribution in [0.15, 0.2) is 27.6 Å². The number of thiophene rings is 1. The Labute approximate surface area is 208 Å². The van der Waals surface area contributed by atoms with E-state index in [0.717, 1.165) is 29.5 Å². The molecule has 3 aromatic rings. The number of amides is 2. The average Bonchev–Trinajstić information content (AvgIpc) is 3.49. The molecule has 9 heteroatoms. The number of nitrogens with one attached hydrogen (secondary N) is 1. The molecule has 0 aromatic carbocycles. The maximum atomic E-state index is 12.9. The molecule has 1 fully saturated rings. The first kappa shape index (κ1) is 23.8. The number of piperazine rings is 1. The van der Waals surface area contributed by atoms with E-state index in [1.165, 1.54) is 16.7 Å². The molecule has 186 valence electrons. The second-order valence-electron chi connectivity index (χ2n) is 10.7. The van der Waals surface area contributed by atoms with Crippen LogP contribution in [-0.2, 0) is 24.1 Å². The fourth-order valence-corrected chi connectivity index (χ4v) is 6.50. The third-order valence-corrected chi connectivity index (χ3v) is 8.57. The van der Waals surface area contributed by atoms with Crippen molar-refractivity contribution in [2.45, 2.75) is 52.9 Å². The highest BCUT2D eigenvalue weighted by molar-refractivity contribution is 7.18. The van der Waals surface area contributed by atoms with Crippen molar-refractivity contribution in [3.05, 3.63) is 50.8 Å². The smallest absolute Gasteiger partial charge is 0.289 e. The third-order valence-electron chi connectivity index (χ3n) is 7.42. The quantitative estimate of drug-likeness (QED) is 0.594. The van der Waals surface area contributed by atoms with E-state index in [0.29, 0.717) is 50.1 Å². The zero-order valence-corrected chi connectivity index (χ0v) is 21.4. The fraction of sp³-hybridized carbons (Fsp3) is 0.538. The monoisotopic (exact) mass is 496 g/mol. The Bertz CT molecular complexity index is 1290. The number of carbonyl (C=O) groups excluding carboxylic acids is 2. The van der Waals surface area contributed by atoms with Crippen LogP contribution in [0.2, 0.25) is 0 Å². The van der Waals surface area contributed by atoms with E-state index in [1.54, 1.807) is 33.3 Å². The van der Waals surface area contributed by atoms with Crippen molar-refractivity contribution >= 4 is 33.4 Å². The van der Waals surface area contributed by atoms with Crippen LogP contribution in [0.25, 0.3) is 10.2 Å². The van der Waals surface area contributed by atoms with Gasteiger partial charge in [-0.1, -0.05) is 20.8 Å². The van der Waals surface area contributed by atoms with Gasteiger partial charge in [0.2, 0.25) is 5.91 Å². The molecule has 0 bridgehead atoms. The van der Waals surface area contributed by atoms with Crippen molar-refractivity contribution < 1.29 is 14.0 Å². The molecule has 35 heavy (non-hydrogen) atoms. The van der Waals surface area contributed by atoms with Crippen molar-refractivity contribution in [1.29, 1.82) is 0 Å². The van der Waals surface area contributed by atoms with Crippen molar-refractivity contribution in [2.75, 3.05) is 26.2 Å². The lowest BCUT2D eigenvalue weighted by atomic mass is 9.72. The van der Waals surface area contributed by atoms with Gasteiger partial charge in [-0.2, -0.15) is 0 Å². The number of carbonyl (C=O) groups is 2. The first-order valence-electron chi connectivity index (χ1n) is 12.3. The normalized spacial score (nSPS) is 18.7. The number of nitrogens with zero attached hydrogens (tertiary/aromatic N) is 3. The highest BCUT2D eigenvalue weighted by Crippen LogP contribution is 2.42. The van der Waals surface area contributed by atoms with Crippen LogP contribution in [-0.4, -0.2) is 57.8 Å². The van der Waals surface area contributed by atoms with E-state index < -0.39 is 0 Å². The van der Waals surface area contributed by atoms with Crippen molar-refractivity contribution in [3.8, 4) is 0 Å². The number of hydrogen-bond donors (Lipinski definition) is 1. The standard InChI is InChI=1S/C26H32N4O4S/c1-26(2,3)16-6-7-17-19(15-16)35-24-22(17)23(32)27-20(28-24)8-9-21(31)29-10-12-30(13-11-29)25(33)18-5-4-14-34-18/h4-5,14,16H,6-13,15H2,1-3H3,(H,27,28,32). The zero-order valence-electron chi connectivity index (χ0n) is 20.6. The van der Waals surface area contributed by atoms with Gasteiger partial charge in [0, 0.05) is 43.9 Å². The molecule has 1 N–H and O–H groups in total. The predicted molar refractivity (Wildman–Crippen MR) is 135 cm³/mol. The Morgan fingerprint density at radius 3 is 2.63 bits per heavy atom. The Morgan fingerprint density at radius 1 is 1.20 bits per heavy atom. The van der Waals surface area contributed by atoms with Crippen LogP contribution in [0.4, 0.5) is 0 Å². The van der Waals surface area contributed by atoms with E-state index in [9.17, 15) is 14.4 Å². The molecule has 1 aliphatic carbocycles. The number of hydrogen-bond acceptors (Lipinski definition) is 6. The van der Waals surface area contributed by atoms with Crippen LogP contribution in [0, 0.1) is 11.3 Å². The molecule has 5 rings (SSSR count). The van der Waals surface area contributed by atoms with Crippen LogP contribution in [0.3, 0.4) is 0 Å². The van der Waals surface area contributed by atoms with Gasteiger partial charge < -0.3 is 19.2 Å². The van der Waals surface area contributed by atoms with Gasteiger partial charge in [0.05, 0.1) is 11.6 Å². The van der Waals surface area contributed by atoms with Crippen molar-refractivity contribution in [1.82, 2.24) is 19.8 Å². The molecule has 3 aromatic heterocycles. The lowest BCUT2D eigenvalue weighted by Crippen LogP contribution is -2.50.